The highest BCUT2D eigenvalue weighted by molar-refractivity contribution is 5.23. The fourth-order valence-electron chi connectivity index (χ4n) is 7.68. The molecule has 5 rings (SSSR count). The maximum atomic E-state index is 6.35. The maximum absolute atomic E-state index is 6.35. The minimum atomic E-state index is 0.503. The highest BCUT2D eigenvalue weighted by atomic mass is 16.5. The van der Waals surface area contributed by atoms with Crippen molar-refractivity contribution < 1.29 is 23.7 Å². The van der Waals surface area contributed by atoms with E-state index >= 15 is 0 Å². The van der Waals surface area contributed by atoms with E-state index in [9.17, 15) is 0 Å². The lowest BCUT2D eigenvalue weighted by molar-refractivity contribution is 0.166. The first-order valence-corrected chi connectivity index (χ1v) is 21.0. The fourth-order valence-corrected chi connectivity index (χ4v) is 7.68. The van der Waals surface area contributed by atoms with Gasteiger partial charge < -0.3 is 23.7 Å². The average Bonchev–Trinajstić information content (AvgIpc) is 3.22. The van der Waals surface area contributed by atoms with Crippen LogP contribution in [0.15, 0.2) is 152 Å². The van der Waals surface area contributed by atoms with E-state index in [-0.39, 0.29) is 0 Å². The lowest BCUT2D eigenvalue weighted by Gasteiger charge is -2.30. The molecule has 0 aliphatic heterocycles. The van der Waals surface area contributed by atoms with E-state index in [0.29, 0.717) is 49.4 Å². The fraction of sp³-hybridized carbons (Fsp3) is 0.412. The summed E-state index contributed by atoms with van der Waals surface area (Å²) in [5.41, 5.74) is 0. The molecule has 0 saturated heterocycles. The van der Waals surface area contributed by atoms with Crippen LogP contribution in [0.2, 0.25) is 0 Å². The number of ether oxygens (including phenoxy) is 5. The Labute approximate surface area is 337 Å². The summed E-state index contributed by atoms with van der Waals surface area (Å²) in [5.74, 6) is 7.29. The second kappa shape index (κ2) is 25.3. The van der Waals surface area contributed by atoms with Crippen molar-refractivity contribution >= 4 is 0 Å². The van der Waals surface area contributed by atoms with Gasteiger partial charge in [-0.1, -0.05) is 105 Å². The van der Waals surface area contributed by atoms with Crippen LogP contribution in [0.25, 0.3) is 0 Å². The van der Waals surface area contributed by atoms with Crippen LogP contribution in [-0.4, -0.2) is 33.0 Å². The Morgan fingerprint density at radius 1 is 0.286 bits per heavy atom. The van der Waals surface area contributed by atoms with Crippen molar-refractivity contribution in [2.24, 2.45) is 29.6 Å². The lowest BCUT2D eigenvalue weighted by Crippen LogP contribution is -2.22. The van der Waals surface area contributed by atoms with Gasteiger partial charge in [0.05, 0.1) is 33.0 Å². The van der Waals surface area contributed by atoms with Gasteiger partial charge in [-0.05, 0) is 148 Å². The first-order chi connectivity index (χ1) is 27.6. The van der Waals surface area contributed by atoms with E-state index in [4.69, 9.17) is 23.7 Å². The molecule has 5 aromatic rings. The molecule has 5 atom stereocenters. The molecule has 0 saturated carbocycles. The van der Waals surface area contributed by atoms with Gasteiger partial charge in [0, 0.05) is 0 Å². The van der Waals surface area contributed by atoms with Crippen molar-refractivity contribution in [1.82, 2.24) is 0 Å². The zero-order valence-electron chi connectivity index (χ0n) is 33.8. The molecule has 0 heterocycles. The van der Waals surface area contributed by atoms with Crippen molar-refractivity contribution in [2.75, 3.05) is 33.0 Å². The Morgan fingerprint density at radius 3 is 0.750 bits per heavy atom. The van der Waals surface area contributed by atoms with Gasteiger partial charge >= 0.3 is 0 Å². The van der Waals surface area contributed by atoms with Crippen molar-refractivity contribution in [1.29, 1.82) is 0 Å². The molecular weight excluding hydrogens is 693 g/mol. The molecule has 0 amide bonds. The molecule has 5 heteroatoms. The molecule has 56 heavy (non-hydrogen) atoms. The van der Waals surface area contributed by atoms with Crippen LogP contribution < -0.4 is 23.7 Å². The molecule has 0 aromatic heterocycles. The molecule has 0 bridgehead atoms. The average molecular weight is 757 g/mol. The highest BCUT2D eigenvalue weighted by Crippen LogP contribution is 2.34. The van der Waals surface area contributed by atoms with Crippen molar-refractivity contribution in [2.45, 2.75) is 71.6 Å². The number of para-hydroxylation sites is 5. The third kappa shape index (κ3) is 17.3. The topological polar surface area (TPSA) is 46.2 Å². The summed E-state index contributed by atoms with van der Waals surface area (Å²) >= 11 is 0. The summed E-state index contributed by atoms with van der Waals surface area (Å²) in [5, 5.41) is 0. The van der Waals surface area contributed by atoms with Gasteiger partial charge in [0.25, 0.3) is 0 Å². The first kappa shape index (κ1) is 42.2. The standard InChI is InChI=1S/C51H64O5/c1-42(28-33-52-47-18-8-3-9-19-47)38-44(30-35-54-49-22-12-5-13-23-49)40-46(32-37-56-51-26-16-7-17-27-51)41-45(31-36-55-50-24-14-6-15-25-50)39-43(2)29-34-53-48-20-10-4-11-21-48/h3-27,42-46H,28-41H2,1-2H3/t42-,43+,44-,45+,46?. The van der Waals surface area contributed by atoms with Gasteiger partial charge in [0.2, 0.25) is 0 Å². The van der Waals surface area contributed by atoms with Crippen LogP contribution in [0.5, 0.6) is 28.7 Å². The summed E-state index contributed by atoms with van der Waals surface area (Å²) in [6.45, 7) is 8.34. The van der Waals surface area contributed by atoms with Gasteiger partial charge in [0.1, 0.15) is 28.7 Å². The predicted octanol–water partition coefficient (Wildman–Crippen LogP) is 13.0. The summed E-state index contributed by atoms with van der Waals surface area (Å²) in [6.07, 6.45) is 9.65. The van der Waals surface area contributed by atoms with E-state index < -0.39 is 0 Å². The van der Waals surface area contributed by atoms with Crippen LogP contribution in [0.1, 0.15) is 71.6 Å². The lowest BCUT2D eigenvalue weighted by atomic mass is 9.77. The van der Waals surface area contributed by atoms with Gasteiger partial charge in [-0.3, -0.25) is 0 Å². The summed E-state index contributed by atoms with van der Waals surface area (Å²) in [4.78, 5) is 0. The molecule has 0 aliphatic carbocycles. The summed E-state index contributed by atoms with van der Waals surface area (Å²) < 4.78 is 31.2. The first-order valence-electron chi connectivity index (χ1n) is 21.0. The third-order valence-corrected chi connectivity index (χ3v) is 10.7. The predicted molar refractivity (Wildman–Crippen MR) is 230 cm³/mol. The smallest absolute Gasteiger partial charge is 0.119 e. The van der Waals surface area contributed by atoms with Gasteiger partial charge in [-0.25, -0.2) is 0 Å². The molecule has 298 valence electrons. The molecule has 0 fully saturated rings. The molecule has 0 spiro atoms. The second-order valence-electron chi connectivity index (χ2n) is 15.5. The van der Waals surface area contributed by atoms with Crippen molar-refractivity contribution in [3.05, 3.63) is 152 Å². The van der Waals surface area contributed by atoms with Gasteiger partial charge in [-0.2, -0.15) is 0 Å². The van der Waals surface area contributed by atoms with Gasteiger partial charge in [0.15, 0.2) is 0 Å². The largest absolute Gasteiger partial charge is 0.494 e. The van der Waals surface area contributed by atoms with Crippen LogP contribution in [0.3, 0.4) is 0 Å². The van der Waals surface area contributed by atoms with E-state index in [0.717, 1.165) is 99.7 Å². The van der Waals surface area contributed by atoms with Crippen LogP contribution >= 0.6 is 0 Å². The van der Waals surface area contributed by atoms with E-state index in [1.54, 1.807) is 0 Å². The van der Waals surface area contributed by atoms with Crippen molar-refractivity contribution in [3.63, 3.8) is 0 Å². The summed E-state index contributed by atoms with van der Waals surface area (Å²) in [6, 6.07) is 51.0. The Bertz CT molecular complexity index is 1560. The maximum Gasteiger partial charge on any atom is 0.119 e. The van der Waals surface area contributed by atoms with Crippen LogP contribution in [0.4, 0.5) is 0 Å². The minimum absolute atomic E-state index is 0.503. The van der Waals surface area contributed by atoms with Gasteiger partial charge in [-0.15, -0.1) is 0 Å². The zero-order chi connectivity index (χ0) is 38.9. The van der Waals surface area contributed by atoms with Crippen molar-refractivity contribution in [3.8, 4) is 28.7 Å². The normalized spacial score (nSPS) is 13.8. The number of hydrogen-bond donors (Lipinski definition) is 0. The molecule has 5 aromatic carbocycles. The monoisotopic (exact) mass is 756 g/mol. The molecule has 5 nitrogen and oxygen atoms in total. The van der Waals surface area contributed by atoms with E-state index in [1.165, 1.54) is 0 Å². The third-order valence-electron chi connectivity index (χ3n) is 10.7. The number of hydrogen-bond acceptors (Lipinski definition) is 5. The molecule has 0 radical (unpaired) electrons. The summed E-state index contributed by atoms with van der Waals surface area (Å²) in [7, 11) is 0. The quantitative estimate of drug-likeness (QED) is 0.0508. The molecule has 0 aliphatic rings. The molecule has 1 unspecified atom stereocenters. The second-order valence-corrected chi connectivity index (χ2v) is 15.5. The Hall–Kier alpha value is -4.90. The zero-order valence-corrected chi connectivity index (χ0v) is 33.8. The van der Waals surface area contributed by atoms with E-state index in [1.807, 2.05) is 115 Å². The Morgan fingerprint density at radius 2 is 0.500 bits per heavy atom. The molecular formula is C51H64O5. The minimum Gasteiger partial charge on any atom is -0.494 e. The molecule has 0 N–H and O–H groups in total. The highest BCUT2D eigenvalue weighted by Gasteiger charge is 2.24. The Balaban J connectivity index is 1.26. The van der Waals surface area contributed by atoms with Crippen LogP contribution in [-0.2, 0) is 0 Å². The van der Waals surface area contributed by atoms with E-state index in [2.05, 4.69) is 50.2 Å². The number of rotatable bonds is 28. The van der Waals surface area contributed by atoms with Crippen LogP contribution in [0, 0.1) is 29.6 Å². The SMILES string of the molecule is C[C@H](CCOc1ccccc1)C[C@@H](CCOc1ccccc1)CC(CCOc1ccccc1)C[C@@H](CCOc1ccccc1)C[C@@H](C)CCOc1ccccc1. The Kier molecular flexibility index (Phi) is 19.1. The number of benzene rings is 5.